The Labute approximate surface area is 110 Å². The summed E-state index contributed by atoms with van der Waals surface area (Å²) in [6.07, 6.45) is 0. The second-order valence-electron chi connectivity index (χ2n) is 3.48. The third kappa shape index (κ3) is 2.40. The van der Waals surface area contributed by atoms with E-state index >= 15 is 0 Å². The van der Waals surface area contributed by atoms with Crippen LogP contribution in [0.2, 0.25) is 5.02 Å². The molecule has 0 fully saturated rings. The number of hydrogen-bond acceptors (Lipinski definition) is 2. The van der Waals surface area contributed by atoms with Crippen molar-refractivity contribution in [1.29, 1.82) is 0 Å². The monoisotopic (exact) mass is 268 g/mol. The Morgan fingerprint density at radius 3 is 2.65 bits per heavy atom. The molecular weight excluding hydrogens is 259 g/mol. The van der Waals surface area contributed by atoms with Gasteiger partial charge < -0.3 is 4.74 Å². The molecule has 1 nitrogen and oxygen atoms in total. The molecule has 2 aromatic rings. The molecule has 88 valence electrons. The molecule has 0 heterocycles. The number of methoxy groups -OCH3 is 1. The van der Waals surface area contributed by atoms with Gasteiger partial charge in [0.25, 0.3) is 0 Å². The molecule has 0 N–H and O–H groups in total. The van der Waals surface area contributed by atoms with E-state index in [4.69, 9.17) is 16.3 Å². The summed E-state index contributed by atoms with van der Waals surface area (Å²) < 4.78 is 19.0. The van der Waals surface area contributed by atoms with Gasteiger partial charge in [0.2, 0.25) is 0 Å². The Bertz CT molecular complexity index is 557. The first-order valence-electron chi connectivity index (χ1n) is 4.95. The smallest absolute Gasteiger partial charge is 0.144 e. The number of rotatable bonds is 2. The van der Waals surface area contributed by atoms with Gasteiger partial charge in [0.1, 0.15) is 11.6 Å². The minimum atomic E-state index is -0.383. The molecule has 0 saturated carbocycles. The van der Waals surface area contributed by atoms with Gasteiger partial charge in [-0.3, -0.25) is 0 Å². The van der Waals surface area contributed by atoms with Crippen LogP contribution in [0.15, 0.2) is 41.3 Å². The predicted molar refractivity (Wildman–Crippen MR) is 70.7 cm³/mol. The summed E-state index contributed by atoms with van der Waals surface area (Å²) in [6, 6.07) is 10.1. The lowest BCUT2D eigenvalue weighted by atomic mass is 10.0. The van der Waals surface area contributed by atoms with Crippen LogP contribution in [0.4, 0.5) is 4.39 Å². The molecule has 0 radical (unpaired) electrons. The first-order valence-corrected chi connectivity index (χ1v) is 5.77. The lowest BCUT2D eigenvalue weighted by Gasteiger charge is -2.09. The van der Waals surface area contributed by atoms with Crippen LogP contribution in [0.25, 0.3) is 11.1 Å². The second-order valence-corrected chi connectivity index (χ2v) is 4.37. The van der Waals surface area contributed by atoms with E-state index in [1.807, 2.05) is 0 Å². The van der Waals surface area contributed by atoms with Crippen LogP contribution in [-0.4, -0.2) is 7.11 Å². The first-order chi connectivity index (χ1) is 8.13. The van der Waals surface area contributed by atoms with Crippen LogP contribution >= 0.6 is 24.2 Å². The van der Waals surface area contributed by atoms with Crippen LogP contribution in [-0.2, 0) is 0 Å². The highest BCUT2D eigenvalue weighted by molar-refractivity contribution is 7.80. The van der Waals surface area contributed by atoms with Crippen molar-refractivity contribution < 1.29 is 9.13 Å². The Kier molecular flexibility index (Phi) is 3.60. The van der Waals surface area contributed by atoms with E-state index in [9.17, 15) is 4.39 Å². The molecule has 4 heteroatoms. The molecule has 0 unspecified atom stereocenters. The van der Waals surface area contributed by atoms with E-state index in [0.717, 1.165) is 0 Å². The van der Waals surface area contributed by atoms with E-state index in [1.165, 1.54) is 0 Å². The fraction of sp³-hybridized carbons (Fsp3) is 0.0769. The van der Waals surface area contributed by atoms with Gasteiger partial charge in [-0.2, -0.15) is 0 Å². The van der Waals surface area contributed by atoms with Gasteiger partial charge in [-0.25, -0.2) is 4.39 Å². The van der Waals surface area contributed by atoms with Gasteiger partial charge in [0.05, 0.1) is 7.11 Å². The van der Waals surface area contributed by atoms with Crippen LogP contribution in [0.3, 0.4) is 0 Å². The fourth-order valence-electron chi connectivity index (χ4n) is 1.57. The van der Waals surface area contributed by atoms with Gasteiger partial charge in [0, 0.05) is 21.0 Å². The zero-order chi connectivity index (χ0) is 12.4. The molecule has 17 heavy (non-hydrogen) atoms. The van der Waals surface area contributed by atoms with E-state index in [1.54, 1.807) is 43.5 Å². The van der Waals surface area contributed by atoms with Crippen molar-refractivity contribution in [1.82, 2.24) is 0 Å². The van der Waals surface area contributed by atoms with Crippen molar-refractivity contribution in [3.63, 3.8) is 0 Å². The third-order valence-corrected chi connectivity index (χ3v) is 3.12. The maximum absolute atomic E-state index is 13.9. The van der Waals surface area contributed by atoms with Crippen molar-refractivity contribution in [3.05, 3.63) is 47.2 Å². The Morgan fingerprint density at radius 1 is 1.18 bits per heavy atom. The quantitative estimate of drug-likeness (QED) is 0.792. The Hall–Kier alpha value is -1.19. The van der Waals surface area contributed by atoms with Crippen LogP contribution in [0.1, 0.15) is 0 Å². The van der Waals surface area contributed by atoms with E-state index in [-0.39, 0.29) is 5.82 Å². The molecule has 0 aliphatic heterocycles. The maximum atomic E-state index is 13.9. The molecule has 0 atom stereocenters. The molecule has 0 spiro atoms. The van der Waals surface area contributed by atoms with Crippen molar-refractivity contribution >= 4 is 24.2 Å². The highest BCUT2D eigenvalue weighted by atomic mass is 35.5. The van der Waals surface area contributed by atoms with E-state index in [0.29, 0.717) is 26.8 Å². The van der Waals surface area contributed by atoms with Gasteiger partial charge in [-0.15, -0.1) is 12.6 Å². The molecule has 2 aromatic carbocycles. The molecular formula is C13H10ClFOS. The number of hydrogen-bond donors (Lipinski definition) is 1. The van der Waals surface area contributed by atoms with Crippen molar-refractivity contribution in [3.8, 4) is 16.9 Å². The van der Waals surface area contributed by atoms with Crippen molar-refractivity contribution in [2.75, 3.05) is 7.11 Å². The zero-order valence-corrected chi connectivity index (χ0v) is 10.7. The molecule has 0 saturated heterocycles. The van der Waals surface area contributed by atoms with Gasteiger partial charge in [-0.1, -0.05) is 23.7 Å². The topological polar surface area (TPSA) is 9.23 Å². The Balaban J connectivity index is 2.63. The van der Waals surface area contributed by atoms with Crippen LogP contribution in [0.5, 0.6) is 5.75 Å². The Morgan fingerprint density at radius 2 is 1.94 bits per heavy atom. The molecule has 0 aromatic heterocycles. The average Bonchev–Trinajstić information content (AvgIpc) is 2.34. The molecule has 0 aliphatic carbocycles. The normalized spacial score (nSPS) is 10.4. The van der Waals surface area contributed by atoms with Crippen LogP contribution in [0, 0.1) is 5.82 Å². The minimum Gasteiger partial charge on any atom is -0.497 e. The highest BCUT2D eigenvalue weighted by Crippen LogP contribution is 2.34. The summed E-state index contributed by atoms with van der Waals surface area (Å²) in [5.41, 5.74) is 1.01. The molecule has 0 amide bonds. The summed E-state index contributed by atoms with van der Waals surface area (Å²) >= 11 is 10.1. The minimum absolute atomic E-state index is 0.293. The molecule has 2 rings (SSSR count). The largest absolute Gasteiger partial charge is 0.497 e. The van der Waals surface area contributed by atoms with Gasteiger partial charge >= 0.3 is 0 Å². The number of thiol groups is 1. The van der Waals surface area contributed by atoms with Crippen LogP contribution < -0.4 is 4.74 Å². The van der Waals surface area contributed by atoms with E-state index in [2.05, 4.69) is 12.6 Å². The number of ether oxygens (including phenoxy) is 1. The predicted octanol–water partition coefficient (Wildman–Crippen LogP) is 4.44. The molecule has 0 aliphatic rings. The fourth-order valence-corrected chi connectivity index (χ4v) is 1.99. The number of halogens is 2. The summed E-state index contributed by atoms with van der Waals surface area (Å²) in [5, 5.41) is 0.476. The second kappa shape index (κ2) is 4.98. The SMILES string of the molecule is COc1ccc(Cl)c(-c2cccc(S)c2F)c1. The van der Waals surface area contributed by atoms with Gasteiger partial charge in [0.15, 0.2) is 0 Å². The van der Waals surface area contributed by atoms with E-state index < -0.39 is 0 Å². The first kappa shape index (κ1) is 12.3. The standard InChI is InChI=1S/C13H10ClFOS/c1-16-8-5-6-11(14)10(7-8)9-3-2-4-12(17)13(9)15/h2-7,17H,1H3. The van der Waals surface area contributed by atoms with Crippen molar-refractivity contribution in [2.45, 2.75) is 4.90 Å². The summed E-state index contributed by atoms with van der Waals surface area (Å²) in [4.78, 5) is 0.293. The lowest BCUT2D eigenvalue weighted by Crippen LogP contribution is -1.89. The van der Waals surface area contributed by atoms with Gasteiger partial charge in [-0.05, 0) is 24.3 Å². The lowest BCUT2D eigenvalue weighted by molar-refractivity contribution is 0.415. The third-order valence-electron chi connectivity index (χ3n) is 2.44. The maximum Gasteiger partial charge on any atom is 0.144 e. The highest BCUT2D eigenvalue weighted by Gasteiger charge is 2.11. The molecule has 0 bridgehead atoms. The average molecular weight is 269 g/mol. The van der Waals surface area contributed by atoms with Crippen molar-refractivity contribution in [2.24, 2.45) is 0 Å². The zero-order valence-electron chi connectivity index (χ0n) is 9.08. The summed E-state index contributed by atoms with van der Waals surface area (Å²) in [5.74, 6) is 0.249. The number of benzene rings is 2. The summed E-state index contributed by atoms with van der Waals surface area (Å²) in [7, 11) is 1.55. The summed E-state index contributed by atoms with van der Waals surface area (Å²) in [6.45, 7) is 0.